The van der Waals surface area contributed by atoms with Crippen LogP contribution >= 0.6 is 11.3 Å². The molecule has 1 N–H and O–H groups in total. The summed E-state index contributed by atoms with van der Waals surface area (Å²) < 4.78 is 5.46. The number of hydrogen-bond acceptors (Lipinski definition) is 4. The van der Waals surface area contributed by atoms with Crippen molar-refractivity contribution in [1.29, 1.82) is 0 Å². The summed E-state index contributed by atoms with van der Waals surface area (Å²) in [5.41, 5.74) is 7.11. The van der Waals surface area contributed by atoms with Crippen molar-refractivity contribution in [1.82, 2.24) is 0 Å². The molecule has 0 fully saturated rings. The molecule has 4 rings (SSSR count). The molecule has 33 heavy (non-hydrogen) atoms. The highest BCUT2D eigenvalue weighted by Gasteiger charge is 2.24. The molecule has 1 heterocycles. The number of benzene rings is 2. The van der Waals surface area contributed by atoms with E-state index in [-0.39, 0.29) is 5.91 Å². The van der Waals surface area contributed by atoms with E-state index in [1.807, 2.05) is 50.4 Å². The molecule has 0 atom stereocenters. The topological polar surface area (TPSA) is 50.7 Å². The predicted molar refractivity (Wildman–Crippen MR) is 139 cm³/mol. The molecule has 0 bridgehead atoms. The van der Waals surface area contributed by atoms with Crippen molar-refractivity contribution in [2.75, 3.05) is 12.4 Å². The molecule has 1 aromatic heterocycles. The van der Waals surface area contributed by atoms with Gasteiger partial charge in [0, 0.05) is 16.8 Å². The summed E-state index contributed by atoms with van der Waals surface area (Å²) in [5, 5.41) is 3.97. The number of aryl methyl sites for hydroxylation is 3. The molecular weight excluding hydrogens is 428 g/mol. The van der Waals surface area contributed by atoms with E-state index in [4.69, 9.17) is 9.73 Å². The zero-order chi connectivity index (χ0) is 23.4. The van der Waals surface area contributed by atoms with Crippen LogP contribution in [-0.4, -0.2) is 19.2 Å². The van der Waals surface area contributed by atoms with Gasteiger partial charge < -0.3 is 10.1 Å². The van der Waals surface area contributed by atoms with E-state index in [1.54, 1.807) is 18.4 Å². The van der Waals surface area contributed by atoms with Gasteiger partial charge in [-0.15, -0.1) is 11.3 Å². The molecule has 0 aliphatic heterocycles. The largest absolute Gasteiger partial charge is 0.496 e. The summed E-state index contributed by atoms with van der Waals surface area (Å²) >= 11 is 1.67. The van der Waals surface area contributed by atoms with E-state index in [2.05, 4.69) is 18.3 Å². The number of nitrogens with one attached hydrogen (secondary N) is 1. The number of ether oxygens (including phenoxy) is 1. The van der Waals surface area contributed by atoms with Crippen LogP contribution in [0.3, 0.4) is 0 Å². The van der Waals surface area contributed by atoms with Gasteiger partial charge in [-0.25, -0.2) is 4.99 Å². The Morgan fingerprint density at radius 2 is 1.82 bits per heavy atom. The molecule has 0 saturated heterocycles. The van der Waals surface area contributed by atoms with E-state index in [1.165, 1.54) is 35.3 Å². The van der Waals surface area contributed by atoms with Crippen LogP contribution in [0.1, 0.15) is 68.7 Å². The van der Waals surface area contributed by atoms with E-state index in [0.717, 1.165) is 58.0 Å². The lowest BCUT2D eigenvalue weighted by molar-refractivity contribution is 0.102. The number of fused-ring (bicyclic) bond motifs is 1. The van der Waals surface area contributed by atoms with Crippen molar-refractivity contribution >= 4 is 34.1 Å². The first-order valence-corrected chi connectivity index (χ1v) is 12.5. The van der Waals surface area contributed by atoms with Gasteiger partial charge in [-0.3, -0.25) is 4.79 Å². The lowest BCUT2D eigenvalue weighted by atomic mass is 9.96. The van der Waals surface area contributed by atoms with E-state index >= 15 is 0 Å². The van der Waals surface area contributed by atoms with E-state index in [9.17, 15) is 4.79 Å². The summed E-state index contributed by atoms with van der Waals surface area (Å²) in [4.78, 5) is 19.7. The fourth-order valence-electron chi connectivity index (χ4n) is 4.35. The Morgan fingerprint density at radius 3 is 2.61 bits per heavy atom. The fraction of sp³-hybridized carbons (Fsp3) is 0.357. The van der Waals surface area contributed by atoms with Crippen molar-refractivity contribution in [3.63, 3.8) is 0 Å². The lowest BCUT2D eigenvalue weighted by Crippen LogP contribution is -2.15. The lowest BCUT2D eigenvalue weighted by Gasteiger charge is -2.13. The first-order chi connectivity index (χ1) is 16.0. The van der Waals surface area contributed by atoms with Crippen molar-refractivity contribution in [3.05, 3.63) is 74.7 Å². The second kappa shape index (κ2) is 10.3. The van der Waals surface area contributed by atoms with Gasteiger partial charge >= 0.3 is 0 Å². The van der Waals surface area contributed by atoms with E-state index < -0.39 is 0 Å². The highest BCUT2D eigenvalue weighted by atomic mass is 32.1. The monoisotopic (exact) mass is 460 g/mol. The SMILES string of the molecule is COc1cc(C=Nc2sc3c(c2C(=O)Nc2cccc(C)c2C)CCCCCC3)ccc1C. The summed E-state index contributed by atoms with van der Waals surface area (Å²) in [6, 6.07) is 12.1. The van der Waals surface area contributed by atoms with Crippen molar-refractivity contribution in [2.24, 2.45) is 4.99 Å². The van der Waals surface area contributed by atoms with Gasteiger partial charge in [-0.2, -0.15) is 0 Å². The van der Waals surface area contributed by atoms with Crippen LogP contribution in [0.5, 0.6) is 5.75 Å². The summed E-state index contributed by atoms with van der Waals surface area (Å²) in [6.45, 7) is 6.14. The standard InChI is InChI=1S/C28H32N2O2S/c1-18-10-9-12-23(20(18)3)30-27(31)26-22-11-7-5-6-8-13-25(22)33-28(26)29-17-21-15-14-19(2)24(16-21)32-4/h9-10,12,14-17H,5-8,11,13H2,1-4H3,(H,30,31). The number of carbonyl (C=O) groups excluding carboxylic acids is 1. The first kappa shape index (κ1) is 23.2. The number of rotatable bonds is 5. The molecule has 0 unspecified atom stereocenters. The third kappa shape index (κ3) is 5.19. The number of amides is 1. The molecular formula is C28H32N2O2S. The molecule has 4 nitrogen and oxygen atoms in total. The molecule has 1 amide bonds. The average molecular weight is 461 g/mol. The number of methoxy groups -OCH3 is 1. The minimum atomic E-state index is -0.0598. The number of nitrogens with zero attached hydrogens (tertiary/aromatic N) is 1. The Labute approximate surface area is 200 Å². The van der Waals surface area contributed by atoms with Gasteiger partial charge in [0.25, 0.3) is 5.91 Å². The number of hydrogen-bond donors (Lipinski definition) is 1. The summed E-state index contributed by atoms with van der Waals surface area (Å²) in [7, 11) is 1.68. The number of anilines is 1. The number of aliphatic imine (C=N–C) groups is 1. The second-order valence-corrected chi connectivity index (χ2v) is 9.87. The van der Waals surface area contributed by atoms with Crippen LogP contribution in [0.25, 0.3) is 0 Å². The van der Waals surface area contributed by atoms with Crippen LogP contribution in [-0.2, 0) is 12.8 Å². The Bertz CT molecular complexity index is 1190. The molecule has 5 heteroatoms. The van der Waals surface area contributed by atoms with Crippen LogP contribution in [0.15, 0.2) is 41.4 Å². The highest BCUT2D eigenvalue weighted by Crippen LogP contribution is 2.39. The van der Waals surface area contributed by atoms with Gasteiger partial charge in [-0.1, -0.05) is 37.1 Å². The van der Waals surface area contributed by atoms with Crippen molar-refractivity contribution < 1.29 is 9.53 Å². The Morgan fingerprint density at radius 1 is 1.03 bits per heavy atom. The predicted octanol–water partition coefficient (Wildman–Crippen LogP) is 7.34. The van der Waals surface area contributed by atoms with Gasteiger partial charge in [0.1, 0.15) is 10.8 Å². The first-order valence-electron chi connectivity index (χ1n) is 11.7. The number of thiophene rings is 1. The smallest absolute Gasteiger partial charge is 0.259 e. The third-order valence-electron chi connectivity index (χ3n) is 6.50. The third-order valence-corrected chi connectivity index (χ3v) is 7.70. The normalized spacial score (nSPS) is 13.9. The van der Waals surface area contributed by atoms with Crippen LogP contribution in [0, 0.1) is 20.8 Å². The van der Waals surface area contributed by atoms with Gasteiger partial charge in [0.2, 0.25) is 0 Å². The zero-order valence-electron chi connectivity index (χ0n) is 20.0. The second-order valence-electron chi connectivity index (χ2n) is 8.79. The maximum Gasteiger partial charge on any atom is 0.259 e. The molecule has 0 saturated carbocycles. The van der Waals surface area contributed by atoms with Crippen molar-refractivity contribution in [2.45, 2.75) is 59.3 Å². The van der Waals surface area contributed by atoms with Crippen LogP contribution < -0.4 is 10.1 Å². The molecule has 1 aliphatic rings. The van der Waals surface area contributed by atoms with E-state index in [0.29, 0.717) is 0 Å². The molecule has 2 aromatic carbocycles. The molecule has 0 radical (unpaired) electrons. The maximum absolute atomic E-state index is 13.6. The van der Waals surface area contributed by atoms with Gasteiger partial charge in [0.05, 0.1) is 12.7 Å². The van der Waals surface area contributed by atoms with Crippen molar-refractivity contribution in [3.8, 4) is 5.75 Å². The zero-order valence-corrected chi connectivity index (χ0v) is 20.8. The van der Waals surface area contributed by atoms with Gasteiger partial charge in [0.15, 0.2) is 0 Å². The quantitative estimate of drug-likeness (QED) is 0.405. The van der Waals surface area contributed by atoms with Crippen LogP contribution in [0.2, 0.25) is 0 Å². The summed E-state index contributed by atoms with van der Waals surface area (Å²) in [5.74, 6) is 0.778. The minimum absolute atomic E-state index is 0.0598. The van der Waals surface area contributed by atoms with Gasteiger partial charge in [-0.05, 0) is 86.4 Å². The number of carbonyl (C=O) groups is 1. The molecule has 172 valence electrons. The Hall–Kier alpha value is -2.92. The summed E-state index contributed by atoms with van der Waals surface area (Å²) in [6.07, 6.45) is 8.57. The maximum atomic E-state index is 13.6. The molecule has 0 spiro atoms. The Balaban J connectivity index is 1.72. The van der Waals surface area contributed by atoms with Crippen LogP contribution in [0.4, 0.5) is 10.7 Å². The highest BCUT2D eigenvalue weighted by molar-refractivity contribution is 7.16. The average Bonchev–Trinajstić information content (AvgIpc) is 3.12. The molecule has 1 aliphatic carbocycles. The Kier molecular flexibility index (Phi) is 7.29. The minimum Gasteiger partial charge on any atom is -0.496 e. The fourth-order valence-corrected chi connectivity index (χ4v) is 5.58. The molecule has 3 aromatic rings.